The van der Waals surface area contributed by atoms with Crippen LogP contribution in [0.3, 0.4) is 0 Å². The number of nitriles is 1. The molecule has 0 amide bonds. The summed E-state index contributed by atoms with van der Waals surface area (Å²) in [5.74, 6) is -0.361. The zero-order chi connectivity index (χ0) is 43.4. The van der Waals surface area contributed by atoms with E-state index in [2.05, 4.69) is 22.0 Å². The molecule has 0 spiro atoms. The van der Waals surface area contributed by atoms with Crippen LogP contribution in [0.2, 0.25) is 0 Å². The van der Waals surface area contributed by atoms with E-state index in [1.807, 2.05) is 6.07 Å². The summed E-state index contributed by atoms with van der Waals surface area (Å²) >= 11 is 0. The summed E-state index contributed by atoms with van der Waals surface area (Å²) in [5, 5.41) is 35.9. The fraction of sp³-hybridized carbons (Fsp3) is 0.674. The Bertz CT molecular complexity index is 1850. The van der Waals surface area contributed by atoms with E-state index < -0.39 is 50.2 Å². The lowest BCUT2D eigenvalue weighted by Gasteiger charge is -2.29. The van der Waals surface area contributed by atoms with Crippen LogP contribution >= 0.6 is 7.82 Å². The number of fused-ring (bicyclic) bond motifs is 1. The number of anilines is 1. The Hall–Kier alpha value is -3.36. The molecule has 60 heavy (non-hydrogen) atoms. The highest BCUT2D eigenvalue weighted by Gasteiger charge is 2.56. The summed E-state index contributed by atoms with van der Waals surface area (Å²) in [6, 6.07) is 8.69. The van der Waals surface area contributed by atoms with Crippen LogP contribution in [0.15, 0.2) is 41.7 Å². The number of aliphatic imine (C=N–C) groups is 1. The summed E-state index contributed by atoms with van der Waals surface area (Å²) in [6.45, 7) is 2.17. The highest BCUT2D eigenvalue weighted by molar-refractivity contribution is 7.47. The first kappa shape index (κ1) is 49.3. The number of aliphatic hydroxyl groups excluding tert-OH is 2. The van der Waals surface area contributed by atoms with Gasteiger partial charge in [0.1, 0.15) is 36.0 Å². The number of nitrogen functional groups attached to an aromatic ring is 1. The van der Waals surface area contributed by atoms with Crippen LogP contribution in [0.25, 0.3) is 5.52 Å². The number of phosphoric acid groups is 1. The standard InChI is InChI=1S/C43H67FN7O8P/c1-4-5-6-7-8-9-10-11-12-13-14-15-16-17-18-19-22-56-28-36(50(3)27-34-23-33(26-45)24-35(44)25-34)29-57-60(54,55)58-30-38-40(52)41(53)43(59-38,31-47-2)39-21-20-37-42(46)48-32-49-51(37)39/h20-21,23-25,31-32,36,38,40-41,52-53H,4-19,22,27-30H2,1-3H3,(H,54,55)(H2,46,48,49)/t36-,38-,40-,41-,43+/m1/s1. The number of benzene rings is 1. The monoisotopic (exact) mass is 859 g/mol. The summed E-state index contributed by atoms with van der Waals surface area (Å²) in [5.41, 5.74) is 5.73. The number of nitrogens with two attached hydrogens (primary N) is 1. The van der Waals surface area contributed by atoms with Gasteiger partial charge in [-0.15, -0.1) is 0 Å². The van der Waals surface area contributed by atoms with Crippen molar-refractivity contribution in [3.63, 3.8) is 0 Å². The molecule has 0 aliphatic carbocycles. The van der Waals surface area contributed by atoms with Gasteiger partial charge in [0.05, 0.1) is 43.2 Å². The summed E-state index contributed by atoms with van der Waals surface area (Å²) in [4.78, 5) is 20.6. The molecule has 1 aromatic carbocycles. The van der Waals surface area contributed by atoms with Crippen LogP contribution < -0.4 is 5.73 Å². The topological polar surface area (TPSA) is 210 Å². The number of hydrogen-bond donors (Lipinski definition) is 4. The maximum Gasteiger partial charge on any atom is 0.472 e. The van der Waals surface area contributed by atoms with Gasteiger partial charge in [-0.05, 0) is 49.4 Å². The van der Waals surface area contributed by atoms with E-state index in [-0.39, 0.29) is 31.1 Å². The molecule has 0 bridgehead atoms. The molecule has 1 fully saturated rings. The molecule has 15 nitrogen and oxygen atoms in total. The van der Waals surface area contributed by atoms with E-state index in [9.17, 15) is 29.3 Å². The Kier molecular flexibility index (Phi) is 21.0. The van der Waals surface area contributed by atoms with Crippen LogP contribution in [-0.4, -0.2) is 106 Å². The Labute approximate surface area is 354 Å². The molecule has 17 heteroatoms. The third kappa shape index (κ3) is 14.9. The van der Waals surface area contributed by atoms with Gasteiger partial charge < -0.3 is 30.3 Å². The first-order chi connectivity index (χ1) is 28.9. The first-order valence-electron chi connectivity index (χ1n) is 21.6. The van der Waals surface area contributed by atoms with Gasteiger partial charge in [-0.25, -0.2) is 18.5 Å². The number of aliphatic hydroxyl groups is 2. The molecule has 3 aromatic rings. The smallest absolute Gasteiger partial charge is 0.387 e. The molecule has 1 aliphatic heterocycles. The van der Waals surface area contributed by atoms with Gasteiger partial charge in [0.15, 0.2) is 11.4 Å². The van der Waals surface area contributed by atoms with E-state index in [0.717, 1.165) is 25.3 Å². The maximum absolute atomic E-state index is 14.3. The SMILES string of the molecule is CCCCCCCCCCCCCCCCCCOC[C@H](COP(=O)(O)OC[C@H]1O[C@@](C=NC)(c2ccc3c(N)ncnn23)[C@H](O)[C@@H]1O)N(C)Cc1cc(F)cc(C#N)c1. The fourth-order valence-electron chi connectivity index (χ4n) is 7.69. The number of hydrogen-bond acceptors (Lipinski definition) is 13. The predicted octanol–water partition coefficient (Wildman–Crippen LogP) is 7.25. The van der Waals surface area contributed by atoms with Crippen molar-refractivity contribution in [2.75, 3.05) is 46.3 Å². The van der Waals surface area contributed by atoms with E-state index >= 15 is 0 Å². The second-order valence-electron chi connectivity index (χ2n) is 15.9. The number of rotatable bonds is 30. The summed E-state index contributed by atoms with van der Waals surface area (Å²) < 4.78 is 51.8. The molecular weight excluding hydrogens is 792 g/mol. The number of unbranched alkanes of at least 4 members (excludes halogenated alkanes) is 15. The van der Waals surface area contributed by atoms with Crippen molar-refractivity contribution in [1.29, 1.82) is 5.26 Å². The molecule has 2 aromatic heterocycles. The van der Waals surface area contributed by atoms with Gasteiger partial charge in [-0.3, -0.25) is 18.9 Å². The van der Waals surface area contributed by atoms with Crippen LogP contribution in [0.1, 0.15) is 126 Å². The van der Waals surface area contributed by atoms with E-state index in [1.54, 1.807) is 30.1 Å². The van der Waals surface area contributed by atoms with Crippen LogP contribution in [0.5, 0.6) is 0 Å². The van der Waals surface area contributed by atoms with Gasteiger partial charge in [0.25, 0.3) is 0 Å². The lowest BCUT2D eigenvalue weighted by molar-refractivity contribution is -0.0547. The molecule has 6 atom stereocenters. The van der Waals surface area contributed by atoms with Crippen molar-refractivity contribution in [3.05, 3.63) is 59.3 Å². The number of likely N-dealkylation sites (N-methyl/N-ethyl adjacent to an activating group) is 1. The minimum absolute atomic E-state index is 0.143. The highest BCUT2D eigenvalue weighted by atomic mass is 31.2. The lowest BCUT2D eigenvalue weighted by atomic mass is 9.92. The third-order valence-electron chi connectivity index (χ3n) is 11.1. The summed E-state index contributed by atoms with van der Waals surface area (Å²) in [6.07, 6.45) is 18.4. The molecule has 1 aliphatic rings. The average Bonchev–Trinajstić information content (AvgIpc) is 3.77. The minimum atomic E-state index is -4.76. The Morgan fingerprint density at radius 3 is 2.27 bits per heavy atom. The van der Waals surface area contributed by atoms with Crippen molar-refractivity contribution >= 4 is 25.4 Å². The maximum atomic E-state index is 14.3. The minimum Gasteiger partial charge on any atom is -0.387 e. The second-order valence-corrected chi connectivity index (χ2v) is 17.4. The first-order valence-corrected chi connectivity index (χ1v) is 23.1. The van der Waals surface area contributed by atoms with Crippen molar-refractivity contribution in [1.82, 2.24) is 19.5 Å². The van der Waals surface area contributed by atoms with Crippen LogP contribution in [0.4, 0.5) is 10.2 Å². The highest BCUT2D eigenvalue weighted by Crippen LogP contribution is 2.46. The Morgan fingerprint density at radius 1 is 1.02 bits per heavy atom. The van der Waals surface area contributed by atoms with E-state index in [1.165, 1.54) is 114 Å². The fourth-order valence-corrected chi connectivity index (χ4v) is 8.46. The molecule has 5 N–H and O–H groups in total. The number of ether oxygens (including phenoxy) is 2. The van der Waals surface area contributed by atoms with Crippen molar-refractivity contribution < 1.29 is 42.6 Å². The van der Waals surface area contributed by atoms with E-state index in [0.29, 0.717) is 23.4 Å². The Morgan fingerprint density at radius 2 is 1.65 bits per heavy atom. The molecule has 1 unspecified atom stereocenters. The number of phosphoric ester groups is 1. The number of aromatic nitrogens is 3. The second kappa shape index (κ2) is 25.5. The molecular formula is C43H67FN7O8P. The number of halogens is 1. The zero-order valence-electron chi connectivity index (χ0n) is 35.7. The largest absolute Gasteiger partial charge is 0.472 e. The average molecular weight is 860 g/mol. The van der Waals surface area contributed by atoms with Gasteiger partial charge in [-0.2, -0.15) is 10.4 Å². The predicted molar refractivity (Wildman–Crippen MR) is 229 cm³/mol. The van der Waals surface area contributed by atoms with Gasteiger partial charge in [0, 0.05) is 26.4 Å². The van der Waals surface area contributed by atoms with Gasteiger partial charge >= 0.3 is 7.82 Å². The molecule has 0 saturated carbocycles. The van der Waals surface area contributed by atoms with Crippen LogP contribution in [-0.2, 0) is 35.2 Å². The third-order valence-corrected chi connectivity index (χ3v) is 12.1. The molecule has 4 rings (SSSR count). The zero-order valence-corrected chi connectivity index (χ0v) is 36.6. The molecule has 0 radical (unpaired) electrons. The quantitative estimate of drug-likeness (QED) is 0.0296. The lowest BCUT2D eigenvalue weighted by Crippen LogP contribution is -2.43. The van der Waals surface area contributed by atoms with Crippen molar-refractivity contribution in [2.24, 2.45) is 4.99 Å². The van der Waals surface area contributed by atoms with Crippen LogP contribution in [0, 0.1) is 17.1 Å². The van der Waals surface area contributed by atoms with E-state index in [4.69, 9.17) is 24.3 Å². The van der Waals surface area contributed by atoms with Crippen molar-refractivity contribution in [2.45, 2.75) is 146 Å². The number of nitrogens with zero attached hydrogens (tertiary/aromatic N) is 6. The molecule has 1 saturated heterocycles. The normalized spacial score (nSPS) is 20.9. The van der Waals surface area contributed by atoms with Gasteiger partial charge in [-0.1, -0.05) is 103 Å². The van der Waals surface area contributed by atoms with Crippen molar-refractivity contribution in [3.8, 4) is 6.07 Å². The molecule has 3 heterocycles. The summed E-state index contributed by atoms with van der Waals surface area (Å²) in [7, 11) is -1.55. The van der Waals surface area contributed by atoms with Gasteiger partial charge in [0.2, 0.25) is 0 Å². The Balaban J connectivity index is 1.24. The molecule has 334 valence electrons.